The molecule has 0 radical (unpaired) electrons. The largest absolute Gasteiger partial charge is 0.481 e. The number of pyridine rings is 1. The fourth-order valence-electron chi connectivity index (χ4n) is 1.84. The number of nitrogens with zero attached hydrogens (tertiary/aromatic N) is 4. The fourth-order valence-corrected chi connectivity index (χ4v) is 1.84. The molecule has 3 rings (SSSR count). The third-order valence-corrected chi connectivity index (χ3v) is 2.80. The zero-order chi connectivity index (χ0) is 13.9. The summed E-state index contributed by atoms with van der Waals surface area (Å²) in [4.78, 5) is 12.3. The van der Waals surface area contributed by atoms with Gasteiger partial charge in [0.15, 0.2) is 5.65 Å². The van der Waals surface area contributed by atoms with Crippen molar-refractivity contribution in [3.05, 3.63) is 30.1 Å². The molecule has 0 bridgehead atoms. The van der Waals surface area contributed by atoms with E-state index in [9.17, 15) is 0 Å². The molecular formula is C12H13N7O. The molecule has 4 N–H and O–H groups in total. The maximum Gasteiger partial charge on any atom is 0.224 e. The molecule has 20 heavy (non-hydrogen) atoms. The van der Waals surface area contributed by atoms with E-state index in [0.717, 1.165) is 10.9 Å². The Morgan fingerprint density at radius 3 is 3.15 bits per heavy atom. The Bertz CT molecular complexity index is 740. The monoisotopic (exact) mass is 271 g/mol. The predicted molar refractivity (Wildman–Crippen MR) is 74.2 cm³/mol. The summed E-state index contributed by atoms with van der Waals surface area (Å²) in [5, 5.41) is 10.7. The predicted octanol–water partition coefficient (Wildman–Crippen LogP) is 0.951. The zero-order valence-electron chi connectivity index (χ0n) is 10.8. The van der Waals surface area contributed by atoms with Crippen LogP contribution in [0.2, 0.25) is 0 Å². The van der Waals surface area contributed by atoms with Crippen LogP contribution in [0.4, 0.5) is 11.8 Å². The molecule has 0 aromatic carbocycles. The van der Waals surface area contributed by atoms with Gasteiger partial charge in [0.25, 0.3) is 0 Å². The number of aromatic nitrogens is 5. The number of hydrogen-bond donors (Lipinski definition) is 3. The molecule has 0 amide bonds. The van der Waals surface area contributed by atoms with E-state index >= 15 is 0 Å². The van der Waals surface area contributed by atoms with Gasteiger partial charge in [0.2, 0.25) is 11.8 Å². The van der Waals surface area contributed by atoms with Gasteiger partial charge >= 0.3 is 0 Å². The number of nitrogens with two attached hydrogens (primary N) is 1. The van der Waals surface area contributed by atoms with Crippen molar-refractivity contribution < 1.29 is 4.74 Å². The number of aromatic amines is 1. The highest BCUT2D eigenvalue weighted by Crippen LogP contribution is 2.19. The van der Waals surface area contributed by atoms with Crippen molar-refractivity contribution in [1.82, 2.24) is 25.1 Å². The van der Waals surface area contributed by atoms with E-state index < -0.39 is 0 Å². The molecule has 0 atom stereocenters. The fraction of sp³-hybridized carbons (Fsp3) is 0.167. The SMILES string of the molecule is COc1cc(CNc2nc(N)nc3[nH]ncc23)ccn1. The van der Waals surface area contributed by atoms with Crippen molar-refractivity contribution >= 4 is 22.8 Å². The normalized spacial score (nSPS) is 10.7. The summed E-state index contributed by atoms with van der Waals surface area (Å²) in [6.45, 7) is 0.565. The van der Waals surface area contributed by atoms with Crippen LogP contribution < -0.4 is 15.8 Å². The second-order valence-electron chi connectivity index (χ2n) is 4.12. The second-order valence-corrected chi connectivity index (χ2v) is 4.12. The Morgan fingerprint density at radius 1 is 1.40 bits per heavy atom. The first kappa shape index (κ1) is 12.2. The zero-order valence-corrected chi connectivity index (χ0v) is 10.8. The Morgan fingerprint density at radius 2 is 2.30 bits per heavy atom. The second kappa shape index (κ2) is 5.00. The van der Waals surface area contributed by atoms with Crippen LogP contribution in [-0.2, 0) is 6.54 Å². The molecule has 3 aromatic heterocycles. The van der Waals surface area contributed by atoms with Gasteiger partial charge in [-0.1, -0.05) is 0 Å². The molecule has 0 unspecified atom stereocenters. The molecule has 3 heterocycles. The maximum absolute atomic E-state index is 5.66. The summed E-state index contributed by atoms with van der Waals surface area (Å²) in [6, 6.07) is 3.75. The molecule has 8 heteroatoms. The van der Waals surface area contributed by atoms with Gasteiger partial charge in [-0.25, -0.2) is 4.98 Å². The van der Waals surface area contributed by atoms with Crippen LogP contribution in [0.3, 0.4) is 0 Å². The number of nitrogen functional groups attached to an aromatic ring is 1. The summed E-state index contributed by atoms with van der Waals surface area (Å²) in [6.07, 6.45) is 3.35. The van der Waals surface area contributed by atoms with E-state index in [2.05, 4.69) is 30.5 Å². The lowest BCUT2D eigenvalue weighted by atomic mass is 10.2. The first-order valence-electron chi connectivity index (χ1n) is 5.95. The molecule has 0 aliphatic heterocycles. The number of methoxy groups -OCH3 is 1. The van der Waals surface area contributed by atoms with Crippen molar-refractivity contribution in [3.8, 4) is 5.88 Å². The van der Waals surface area contributed by atoms with Gasteiger partial charge in [0, 0.05) is 18.8 Å². The summed E-state index contributed by atoms with van der Waals surface area (Å²) in [5.41, 5.74) is 7.28. The molecule has 0 fully saturated rings. The van der Waals surface area contributed by atoms with Gasteiger partial charge < -0.3 is 15.8 Å². The smallest absolute Gasteiger partial charge is 0.224 e. The number of H-pyrrole nitrogens is 1. The van der Waals surface area contributed by atoms with E-state index in [0.29, 0.717) is 23.9 Å². The topological polar surface area (TPSA) is 115 Å². The van der Waals surface area contributed by atoms with E-state index in [4.69, 9.17) is 10.5 Å². The molecule has 3 aromatic rings. The van der Waals surface area contributed by atoms with Gasteiger partial charge in [-0.05, 0) is 11.6 Å². The van der Waals surface area contributed by atoms with Crippen LogP contribution in [0, 0.1) is 0 Å². The Hall–Kier alpha value is -2.90. The number of ether oxygens (including phenoxy) is 1. The van der Waals surface area contributed by atoms with E-state index in [-0.39, 0.29) is 5.95 Å². The highest BCUT2D eigenvalue weighted by atomic mass is 16.5. The van der Waals surface area contributed by atoms with Gasteiger partial charge in [-0.2, -0.15) is 15.1 Å². The third-order valence-electron chi connectivity index (χ3n) is 2.80. The Kier molecular flexibility index (Phi) is 3.04. The summed E-state index contributed by atoms with van der Waals surface area (Å²) < 4.78 is 5.08. The molecule has 0 spiro atoms. The van der Waals surface area contributed by atoms with Crippen LogP contribution in [0.25, 0.3) is 11.0 Å². The van der Waals surface area contributed by atoms with Gasteiger partial charge in [0.1, 0.15) is 5.82 Å². The van der Waals surface area contributed by atoms with Crippen molar-refractivity contribution in [2.45, 2.75) is 6.54 Å². The standard InChI is InChI=1S/C12H13N7O/c1-20-9-4-7(2-3-14-9)5-15-10-8-6-16-19-11(8)18-12(13)17-10/h2-4,6H,5H2,1H3,(H4,13,15,16,17,18,19). The van der Waals surface area contributed by atoms with Crippen molar-refractivity contribution in [2.24, 2.45) is 0 Å². The average Bonchev–Trinajstić information content (AvgIpc) is 2.93. The van der Waals surface area contributed by atoms with Crippen LogP contribution in [-0.4, -0.2) is 32.3 Å². The number of fused-ring (bicyclic) bond motifs is 1. The molecule has 8 nitrogen and oxygen atoms in total. The van der Waals surface area contributed by atoms with Crippen molar-refractivity contribution in [1.29, 1.82) is 0 Å². The van der Waals surface area contributed by atoms with Crippen LogP contribution in [0.5, 0.6) is 5.88 Å². The minimum atomic E-state index is 0.191. The first-order valence-corrected chi connectivity index (χ1v) is 5.95. The molecule has 0 saturated carbocycles. The lowest BCUT2D eigenvalue weighted by Crippen LogP contribution is -2.05. The van der Waals surface area contributed by atoms with E-state index in [1.54, 1.807) is 19.5 Å². The average molecular weight is 271 g/mol. The number of rotatable bonds is 4. The quantitative estimate of drug-likeness (QED) is 0.647. The molecule has 102 valence electrons. The minimum Gasteiger partial charge on any atom is -0.481 e. The first-order chi connectivity index (χ1) is 9.76. The maximum atomic E-state index is 5.66. The molecule has 0 aliphatic carbocycles. The summed E-state index contributed by atoms with van der Waals surface area (Å²) in [7, 11) is 1.58. The van der Waals surface area contributed by atoms with E-state index in [1.807, 2.05) is 12.1 Å². The highest BCUT2D eigenvalue weighted by molar-refractivity contribution is 5.86. The Labute approximate surface area is 114 Å². The highest BCUT2D eigenvalue weighted by Gasteiger charge is 2.07. The lowest BCUT2D eigenvalue weighted by molar-refractivity contribution is 0.397. The molecule has 0 saturated heterocycles. The van der Waals surface area contributed by atoms with Gasteiger partial charge in [-0.3, -0.25) is 5.10 Å². The summed E-state index contributed by atoms with van der Waals surface area (Å²) in [5.74, 6) is 1.40. The van der Waals surface area contributed by atoms with Crippen molar-refractivity contribution in [3.63, 3.8) is 0 Å². The third kappa shape index (κ3) is 2.30. The van der Waals surface area contributed by atoms with Gasteiger partial charge in [-0.15, -0.1) is 0 Å². The number of anilines is 2. The van der Waals surface area contributed by atoms with E-state index in [1.165, 1.54) is 0 Å². The lowest BCUT2D eigenvalue weighted by Gasteiger charge is -2.08. The number of hydrogen-bond acceptors (Lipinski definition) is 7. The van der Waals surface area contributed by atoms with Gasteiger partial charge in [0.05, 0.1) is 18.7 Å². The molecular weight excluding hydrogens is 258 g/mol. The minimum absolute atomic E-state index is 0.191. The molecule has 0 aliphatic rings. The van der Waals surface area contributed by atoms with Crippen LogP contribution in [0.15, 0.2) is 24.5 Å². The Balaban J connectivity index is 1.84. The van der Waals surface area contributed by atoms with Crippen LogP contribution >= 0.6 is 0 Å². The number of nitrogens with one attached hydrogen (secondary N) is 2. The summed E-state index contributed by atoms with van der Waals surface area (Å²) >= 11 is 0. The van der Waals surface area contributed by atoms with Crippen LogP contribution in [0.1, 0.15) is 5.56 Å². The van der Waals surface area contributed by atoms with Crippen molar-refractivity contribution in [2.75, 3.05) is 18.2 Å².